The second-order valence-corrected chi connectivity index (χ2v) is 7.55. The maximum absolute atomic E-state index is 10.3. The number of halogens is 2. The number of hydrazine groups is 1. The van der Waals surface area contributed by atoms with E-state index in [1.165, 1.54) is 0 Å². The number of nitrogens with zero attached hydrogens (tertiary/aromatic N) is 3. The summed E-state index contributed by atoms with van der Waals surface area (Å²) in [5, 5.41) is 19.3. The molecule has 3 unspecified atom stereocenters. The van der Waals surface area contributed by atoms with Crippen molar-refractivity contribution in [1.29, 1.82) is 0 Å². The first-order chi connectivity index (χ1) is 12.3. The van der Waals surface area contributed by atoms with Gasteiger partial charge in [-0.05, 0) is 13.0 Å². The Morgan fingerprint density at radius 1 is 1.50 bits per heavy atom. The van der Waals surface area contributed by atoms with Crippen LogP contribution in [0.2, 0.25) is 10.0 Å². The molecule has 0 spiro atoms. The molecule has 26 heavy (non-hydrogen) atoms. The van der Waals surface area contributed by atoms with Gasteiger partial charge in [0.25, 0.3) is 0 Å². The minimum Gasteiger partial charge on any atom is -0.380 e. The third-order valence-corrected chi connectivity index (χ3v) is 5.30. The van der Waals surface area contributed by atoms with E-state index in [9.17, 15) is 5.11 Å². The molecule has 1 saturated heterocycles. The van der Waals surface area contributed by atoms with E-state index in [1.54, 1.807) is 31.4 Å². The van der Waals surface area contributed by atoms with Crippen molar-refractivity contribution in [3.8, 4) is 0 Å². The molecule has 0 saturated carbocycles. The molecule has 1 fully saturated rings. The molecule has 10 heteroatoms. The summed E-state index contributed by atoms with van der Waals surface area (Å²) in [6.07, 6.45) is 1.31. The summed E-state index contributed by atoms with van der Waals surface area (Å²) in [5.41, 5.74) is -0.344. The van der Waals surface area contributed by atoms with Gasteiger partial charge in [-0.3, -0.25) is 21.5 Å². The van der Waals surface area contributed by atoms with Gasteiger partial charge in [-0.25, -0.2) is 0 Å². The second kappa shape index (κ2) is 7.95. The topological polar surface area (TPSA) is 98.4 Å². The van der Waals surface area contributed by atoms with Crippen molar-refractivity contribution >= 4 is 29.5 Å². The van der Waals surface area contributed by atoms with E-state index in [2.05, 4.69) is 15.6 Å². The van der Waals surface area contributed by atoms with Gasteiger partial charge in [-0.2, -0.15) is 5.01 Å². The zero-order valence-electron chi connectivity index (χ0n) is 14.7. The van der Waals surface area contributed by atoms with Crippen molar-refractivity contribution in [1.82, 2.24) is 20.5 Å². The predicted molar refractivity (Wildman–Crippen MR) is 102 cm³/mol. The Morgan fingerprint density at radius 3 is 2.88 bits per heavy atom. The fraction of sp³-hybridized carbons (Fsp3) is 0.562. The molecule has 0 radical (unpaired) electrons. The van der Waals surface area contributed by atoms with Crippen LogP contribution in [0, 0.1) is 0 Å². The van der Waals surface area contributed by atoms with Crippen molar-refractivity contribution in [3.05, 3.63) is 33.8 Å². The van der Waals surface area contributed by atoms with Gasteiger partial charge in [-0.15, -0.1) is 0 Å². The van der Waals surface area contributed by atoms with Crippen LogP contribution in [0.3, 0.4) is 0 Å². The third kappa shape index (κ3) is 4.13. The molecular weight excluding hydrogens is 379 g/mol. The SMILES string of the molecule is COC[C@](C)(O)NC1CNC1N1C=NC(c2cccc(Cl)c2Cl)N(N)C1. The first-order valence-electron chi connectivity index (χ1n) is 8.29. The number of nitrogens with two attached hydrogens (primary N) is 1. The zero-order chi connectivity index (χ0) is 18.9. The van der Waals surface area contributed by atoms with Gasteiger partial charge >= 0.3 is 0 Å². The lowest BCUT2D eigenvalue weighted by molar-refractivity contribution is -0.0704. The van der Waals surface area contributed by atoms with E-state index in [0.717, 1.165) is 12.1 Å². The highest BCUT2D eigenvalue weighted by molar-refractivity contribution is 6.42. The van der Waals surface area contributed by atoms with Crippen LogP contribution in [0.4, 0.5) is 0 Å². The molecule has 1 aromatic rings. The molecule has 8 nitrogen and oxygen atoms in total. The van der Waals surface area contributed by atoms with Crippen molar-refractivity contribution < 1.29 is 9.84 Å². The van der Waals surface area contributed by atoms with E-state index in [4.69, 9.17) is 33.8 Å². The summed E-state index contributed by atoms with van der Waals surface area (Å²) in [5.74, 6) is 6.22. The molecule has 1 aromatic carbocycles. The van der Waals surface area contributed by atoms with Gasteiger partial charge in [0.1, 0.15) is 11.9 Å². The number of aliphatic imine (C=N–C) groups is 1. The molecule has 0 aliphatic carbocycles. The van der Waals surface area contributed by atoms with Crippen LogP contribution in [0.1, 0.15) is 18.7 Å². The number of nitrogens with one attached hydrogen (secondary N) is 2. The van der Waals surface area contributed by atoms with Gasteiger partial charge in [-0.1, -0.05) is 35.3 Å². The summed E-state index contributed by atoms with van der Waals surface area (Å²) in [7, 11) is 1.55. The van der Waals surface area contributed by atoms with Crippen LogP contribution < -0.4 is 16.5 Å². The number of methoxy groups -OCH3 is 1. The van der Waals surface area contributed by atoms with Crippen molar-refractivity contribution in [2.24, 2.45) is 10.8 Å². The zero-order valence-corrected chi connectivity index (χ0v) is 16.2. The Kier molecular flexibility index (Phi) is 6.05. The van der Waals surface area contributed by atoms with Gasteiger partial charge < -0.3 is 14.7 Å². The minimum atomic E-state index is -1.11. The molecule has 0 aromatic heterocycles. The standard InChI is InChI=1S/C16H24Cl2N6O2/c1-16(25,7-26-2)22-12-6-20-15(12)23-8-21-14(24(19)9-23)10-4-3-5-11(17)13(10)18/h3-5,8,12,14-15,20,22,25H,6-7,9,19H2,1-2H3/t12?,14?,15?,16-/m0/s1. The molecule has 2 aliphatic rings. The Morgan fingerprint density at radius 2 is 2.27 bits per heavy atom. The monoisotopic (exact) mass is 402 g/mol. The van der Waals surface area contributed by atoms with Gasteiger partial charge in [0.05, 0.1) is 41.9 Å². The Labute approximate surface area is 162 Å². The third-order valence-electron chi connectivity index (χ3n) is 4.46. The number of aliphatic hydroxyl groups is 1. The molecule has 2 aliphatic heterocycles. The van der Waals surface area contributed by atoms with Crippen LogP contribution >= 0.6 is 23.2 Å². The van der Waals surface area contributed by atoms with Crippen LogP contribution in [0.5, 0.6) is 0 Å². The molecule has 0 amide bonds. The summed E-state index contributed by atoms with van der Waals surface area (Å²) in [6.45, 7) is 3.05. The van der Waals surface area contributed by atoms with Gasteiger partial charge in [0.2, 0.25) is 0 Å². The van der Waals surface area contributed by atoms with E-state index in [-0.39, 0.29) is 18.8 Å². The molecule has 144 valence electrons. The highest BCUT2D eigenvalue weighted by Crippen LogP contribution is 2.33. The number of hydrogen-bond acceptors (Lipinski definition) is 8. The van der Waals surface area contributed by atoms with Crippen molar-refractivity contribution in [2.75, 3.05) is 26.9 Å². The van der Waals surface area contributed by atoms with E-state index >= 15 is 0 Å². The largest absolute Gasteiger partial charge is 0.380 e. The smallest absolute Gasteiger partial charge is 0.145 e. The van der Waals surface area contributed by atoms with E-state index in [1.807, 2.05) is 17.0 Å². The van der Waals surface area contributed by atoms with Crippen LogP contribution in [0.15, 0.2) is 23.2 Å². The number of ether oxygens (including phenoxy) is 1. The van der Waals surface area contributed by atoms with Gasteiger partial charge in [0.15, 0.2) is 0 Å². The first kappa shape index (κ1) is 19.8. The lowest BCUT2D eigenvalue weighted by Gasteiger charge is -2.49. The molecule has 2 heterocycles. The summed E-state index contributed by atoms with van der Waals surface area (Å²) >= 11 is 12.4. The fourth-order valence-electron chi connectivity index (χ4n) is 3.22. The van der Waals surface area contributed by atoms with Crippen LogP contribution in [-0.4, -0.2) is 66.2 Å². The quantitative estimate of drug-likeness (QED) is 0.410. The lowest BCUT2D eigenvalue weighted by atomic mass is 10.0. The normalized spacial score (nSPS) is 28.7. The molecule has 5 N–H and O–H groups in total. The Balaban J connectivity index is 1.68. The van der Waals surface area contributed by atoms with Gasteiger partial charge in [0, 0.05) is 19.2 Å². The number of hydrogen-bond donors (Lipinski definition) is 4. The Hall–Kier alpha value is -0.970. The molecular formula is C16H24Cl2N6O2. The molecule has 0 bridgehead atoms. The highest BCUT2D eigenvalue weighted by Gasteiger charge is 2.40. The molecule has 4 atom stereocenters. The van der Waals surface area contributed by atoms with E-state index in [0.29, 0.717) is 16.7 Å². The predicted octanol–water partition coefficient (Wildman–Crippen LogP) is 0.712. The summed E-state index contributed by atoms with van der Waals surface area (Å²) in [4.78, 5) is 6.51. The average molecular weight is 403 g/mol. The second-order valence-electron chi connectivity index (χ2n) is 6.76. The number of benzene rings is 1. The van der Waals surface area contributed by atoms with Crippen molar-refractivity contribution in [2.45, 2.75) is 31.0 Å². The van der Waals surface area contributed by atoms with Crippen LogP contribution in [-0.2, 0) is 4.74 Å². The highest BCUT2D eigenvalue weighted by atomic mass is 35.5. The maximum Gasteiger partial charge on any atom is 0.145 e. The summed E-state index contributed by atoms with van der Waals surface area (Å²) in [6, 6.07) is 5.45. The van der Waals surface area contributed by atoms with Crippen LogP contribution in [0.25, 0.3) is 0 Å². The maximum atomic E-state index is 10.3. The van der Waals surface area contributed by atoms with Crippen molar-refractivity contribution in [3.63, 3.8) is 0 Å². The average Bonchev–Trinajstić information content (AvgIpc) is 2.55. The molecule has 3 rings (SSSR count). The number of rotatable bonds is 6. The Bertz CT molecular complexity index is 674. The van der Waals surface area contributed by atoms with E-state index < -0.39 is 11.9 Å². The first-order valence-corrected chi connectivity index (χ1v) is 9.04. The summed E-state index contributed by atoms with van der Waals surface area (Å²) < 4.78 is 5.03. The fourth-order valence-corrected chi connectivity index (χ4v) is 3.62. The lowest BCUT2D eigenvalue weighted by Crippen LogP contribution is -2.74. The minimum absolute atomic E-state index is 0.0336.